The zero-order chi connectivity index (χ0) is 26.7. The molecule has 2 rings (SSSR count). The molecule has 5 nitrogen and oxygen atoms in total. The molecule has 0 saturated heterocycles. The molecule has 0 bridgehead atoms. The van der Waals surface area contributed by atoms with Crippen LogP contribution in [0.1, 0.15) is 115 Å². The van der Waals surface area contributed by atoms with Crippen molar-refractivity contribution in [3.05, 3.63) is 29.3 Å². The average molecular weight is 617 g/mol. The molecule has 1 aromatic carbocycles. The van der Waals surface area contributed by atoms with Crippen LogP contribution in [0.2, 0.25) is 0 Å². The highest BCUT2D eigenvalue weighted by Gasteiger charge is 2.30. The summed E-state index contributed by atoms with van der Waals surface area (Å²) in [6.07, 6.45) is 8.36. The maximum atomic E-state index is 12.8. The Hall–Kier alpha value is -0.860. The van der Waals surface area contributed by atoms with E-state index >= 15 is 0 Å². The Kier molecular flexibility index (Phi) is 13.5. The Morgan fingerprint density at radius 1 is 1.08 bits per heavy atom. The molecule has 0 heterocycles. The van der Waals surface area contributed by atoms with E-state index in [1.807, 2.05) is 26.0 Å². The summed E-state index contributed by atoms with van der Waals surface area (Å²) in [4.78, 5) is 12.8. The summed E-state index contributed by atoms with van der Waals surface area (Å²) in [5.74, 6) is 1.87. The van der Waals surface area contributed by atoms with E-state index in [2.05, 4.69) is 63.3 Å². The summed E-state index contributed by atoms with van der Waals surface area (Å²) in [7, 11) is 0. The summed E-state index contributed by atoms with van der Waals surface area (Å²) >= 11 is 2.51. The van der Waals surface area contributed by atoms with E-state index in [0.29, 0.717) is 49.1 Å². The molecule has 36 heavy (non-hydrogen) atoms. The number of ether oxygens (including phenoxy) is 4. The van der Waals surface area contributed by atoms with Crippen LogP contribution in [0, 0.1) is 11.8 Å². The molecule has 2 atom stereocenters. The van der Waals surface area contributed by atoms with Crippen LogP contribution < -0.4 is 4.74 Å². The first-order chi connectivity index (χ1) is 17.0. The highest BCUT2D eigenvalue weighted by atomic mass is 127. The third kappa shape index (κ3) is 10.5. The van der Waals surface area contributed by atoms with Crippen molar-refractivity contribution in [3.8, 4) is 5.75 Å². The minimum absolute atomic E-state index is 0.0436. The second kappa shape index (κ2) is 15.5. The molecule has 1 fully saturated rings. The lowest BCUT2D eigenvalue weighted by Crippen LogP contribution is -2.26. The SMILES string of the molecule is CCCC1CCC(OCCOC(C)Oc2ccc(C(CC(C)C)C(C)(C)I)cc2C(=O)OCC)CC1. The number of hydrogen-bond acceptors (Lipinski definition) is 5. The van der Waals surface area contributed by atoms with Crippen LogP contribution in [0.3, 0.4) is 0 Å². The summed E-state index contributed by atoms with van der Waals surface area (Å²) in [6, 6.07) is 5.92. The van der Waals surface area contributed by atoms with Gasteiger partial charge in [-0.2, -0.15) is 0 Å². The van der Waals surface area contributed by atoms with Crippen molar-refractivity contribution < 1.29 is 23.7 Å². The van der Waals surface area contributed by atoms with Gasteiger partial charge in [-0.05, 0) is 81.4 Å². The Labute approximate surface area is 233 Å². The number of benzene rings is 1. The molecular formula is C30H49IO5. The number of esters is 1. The normalized spacial score (nSPS) is 20.2. The summed E-state index contributed by atoms with van der Waals surface area (Å²) in [5, 5.41) is 0. The molecule has 0 amide bonds. The second-order valence-electron chi connectivity index (χ2n) is 11.1. The van der Waals surface area contributed by atoms with Crippen LogP contribution in [-0.4, -0.2) is 41.6 Å². The predicted octanol–water partition coefficient (Wildman–Crippen LogP) is 8.32. The molecule has 1 aliphatic rings. The summed E-state index contributed by atoms with van der Waals surface area (Å²) < 4.78 is 23.4. The first-order valence-electron chi connectivity index (χ1n) is 13.9. The standard InChI is InChI=1S/C30H49IO5/c1-8-10-23-11-14-25(15-12-23)35-18-17-34-22(5)36-28-16-13-24(20-26(28)29(32)33-9-2)27(19-21(3)4)30(6,7)31/h13,16,20-23,25,27H,8-12,14-15,17-19H2,1-7H3. The van der Waals surface area contributed by atoms with Gasteiger partial charge < -0.3 is 18.9 Å². The molecule has 1 aromatic rings. The molecule has 6 heteroatoms. The molecule has 0 N–H and O–H groups in total. The fraction of sp³-hybridized carbons (Fsp3) is 0.767. The van der Waals surface area contributed by atoms with E-state index in [4.69, 9.17) is 18.9 Å². The van der Waals surface area contributed by atoms with E-state index in [1.165, 1.54) is 25.7 Å². The Bertz CT molecular complexity index is 780. The number of hydrogen-bond donors (Lipinski definition) is 0. The quantitative estimate of drug-likeness (QED) is 0.0652. The Balaban J connectivity index is 1.97. The Morgan fingerprint density at radius 2 is 1.78 bits per heavy atom. The van der Waals surface area contributed by atoms with Crippen molar-refractivity contribution in [1.29, 1.82) is 0 Å². The average Bonchev–Trinajstić information content (AvgIpc) is 2.81. The monoisotopic (exact) mass is 616 g/mol. The van der Waals surface area contributed by atoms with Gasteiger partial charge in [0.05, 0.1) is 25.9 Å². The first-order valence-corrected chi connectivity index (χ1v) is 15.0. The van der Waals surface area contributed by atoms with Crippen LogP contribution in [0.5, 0.6) is 5.75 Å². The minimum atomic E-state index is -0.500. The van der Waals surface area contributed by atoms with Crippen LogP contribution in [0.15, 0.2) is 18.2 Å². The topological polar surface area (TPSA) is 54.0 Å². The van der Waals surface area contributed by atoms with Gasteiger partial charge in [-0.15, -0.1) is 0 Å². The number of carbonyl (C=O) groups is 1. The fourth-order valence-corrected chi connectivity index (χ4v) is 5.77. The largest absolute Gasteiger partial charge is 0.464 e. The molecule has 206 valence electrons. The molecule has 0 radical (unpaired) electrons. The van der Waals surface area contributed by atoms with Crippen molar-refractivity contribution in [3.63, 3.8) is 0 Å². The number of alkyl halides is 1. The van der Waals surface area contributed by atoms with Crippen molar-refractivity contribution in [2.24, 2.45) is 11.8 Å². The van der Waals surface area contributed by atoms with E-state index in [9.17, 15) is 4.79 Å². The van der Waals surface area contributed by atoms with Gasteiger partial charge in [0.15, 0.2) is 6.29 Å². The van der Waals surface area contributed by atoms with E-state index in [0.717, 1.165) is 30.7 Å². The number of carbonyl (C=O) groups excluding carboxylic acids is 1. The van der Waals surface area contributed by atoms with Crippen LogP contribution in [0.25, 0.3) is 0 Å². The number of rotatable bonds is 15. The van der Waals surface area contributed by atoms with Gasteiger partial charge in [0.25, 0.3) is 0 Å². The van der Waals surface area contributed by atoms with Gasteiger partial charge in [-0.25, -0.2) is 4.79 Å². The lowest BCUT2D eigenvalue weighted by atomic mass is 9.81. The lowest BCUT2D eigenvalue weighted by Gasteiger charge is -2.31. The van der Waals surface area contributed by atoms with E-state index in [1.54, 1.807) is 0 Å². The molecule has 2 unspecified atom stereocenters. The van der Waals surface area contributed by atoms with Crippen molar-refractivity contribution in [1.82, 2.24) is 0 Å². The molecule has 1 aliphatic carbocycles. The van der Waals surface area contributed by atoms with Gasteiger partial charge in [0, 0.05) is 3.42 Å². The summed E-state index contributed by atoms with van der Waals surface area (Å²) in [5.41, 5.74) is 1.59. The predicted molar refractivity (Wildman–Crippen MR) is 155 cm³/mol. The lowest BCUT2D eigenvalue weighted by molar-refractivity contribution is -0.0954. The summed E-state index contributed by atoms with van der Waals surface area (Å²) in [6.45, 7) is 16.2. The van der Waals surface area contributed by atoms with Crippen molar-refractivity contribution in [2.45, 2.75) is 115 Å². The van der Waals surface area contributed by atoms with Gasteiger partial charge in [-0.3, -0.25) is 0 Å². The number of halogens is 1. The second-order valence-corrected chi connectivity index (χ2v) is 13.9. The van der Waals surface area contributed by atoms with Gasteiger partial charge >= 0.3 is 5.97 Å². The fourth-order valence-electron chi connectivity index (χ4n) is 5.16. The van der Waals surface area contributed by atoms with Crippen LogP contribution >= 0.6 is 22.6 Å². The zero-order valence-electron chi connectivity index (χ0n) is 23.6. The van der Waals surface area contributed by atoms with E-state index in [-0.39, 0.29) is 9.39 Å². The van der Waals surface area contributed by atoms with E-state index < -0.39 is 6.29 Å². The molecule has 0 aliphatic heterocycles. The van der Waals surface area contributed by atoms with Gasteiger partial charge in [0.1, 0.15) is 11.3 Å². The van der Waals surface area contributed by atoms with Crippen LogP contribution in [0.4, 0.5) is 0 Å². The smallest absolute Gasteiger partial charge is 0.341 e. The van der Waals surface area contributed by atoms with Crippen molar-refractivity contribution in [2.75, 3.05) is 19.8 Å². The Morgan fingerprint density at radius 3 is 2.36 bits per heavy atom. The van der Waals surface area contributed by atoms with Gasteiger partial charge in [0.2, 0.25) is 0 Å². The van der Waals surface area contributed by atoms with Crippen LogP contribution in [-0.2, 0) is 14.2 Å². The maximum Gasteiger partial charge on any atom is 0.341 e. The third-order valence-electron chi connectivity index (χ3n) is 7.01. The third-order valence-corrected chi connectivity index (χ3v) is 7.76. The minimum Gasteiger partial charge on any atom is -0.464 e. The molecule has 0 aromatic heterocycles. The maximum absolute atomic E-state index is 12.8. The zero-order valence-corrected chi connectivity index (χ0v) is 25.8. The first kappa shape index (κ1) is 31.4. The molecular weight excluding hydrogens is 567 g/mol. The van der Waals surface area contributed by atoms with Crippen molar-refractivity contribution >= 4 is 28.6 Å². The van der Waals surface area contributed by atoms with Gasteiger partial charge in [-0.1, -0.05) is 76.1 Å². The molecule has 1 saturated carbocycles. The molecule has 0 spiro atoms. The highest BCUT2D eigenvalue weighted by Crippen LogP contribution is 2.41. The highest BCUT2D eigenvalue weighted by molar-refractivity contribution is 14.1.